The molecule has 9 heteroatoms. The van der Waals surface area contributed by atoms with Crippen molar-refractivity contribution in [2.75, 3.05) is 33.4 Å². The van der Waals surface area contributed by atoms with E-state index in [1.54, 1.807) is 25.3 Å². The number of sulfonamides is 1. The Morgan fingerprint density at radius 2 is 2.04 bits per heavy atom. The van der Waals surface area contributed by atoms with E-state index in [9.17, 15) is 8.42 Å². The maximum Gasteiger partial charge on any atom is 0.243 e. The molecule has 0 saturated carbocycles. The van der Waals surface area contributed by atoms with E-state index < -0.39 is 10.0 Å². The van der Waals surface area contributed by atoms with E-state index in [1.807, 2.05) is 24.3 Å². The first-order valence-corrected chi connectivity index (χ1v) is 11.3. The number of hydrogen-bond acceptors (Lipinski definition) is 6. The summed E-state index contributed by atoms with van der Waals surface area (Å²) in [5.74, 6) is 1.39. The molecule has 2 heterocycles. The number of thioether (sulfide) groups is 1. The predicted molar refractivity (Wildman–Crippen MR) is 108 cm³/mol. The summed E-state index contributed by atoms with van der Waals surface area (Å²) in [7, 11) is -1.86. The Kier molecular flexibility index (Phi) is 5.58. The Bertz CT molecular complexity index is 1080. The fourth-order valence-electron chi connectivity index (χ4n) is 3.04. The highest BCUT2D eigenvalue weighted by molar-refractivity contribution is 7.98. The Hall–Kier alpha value is -2.07. The summed E-state index contributed by atoms with van der Waals surface area (Å²) < 4.78 is 37.6. The molecule has 0 bridgehead atoms. The number of H-pyrrole nitrogens is 1. The van der Waals surface area contributed by atoms with Crippen molar-refractivity contribution in [3.05, 3.63) is 48.0 Å². The van der Waals surface area contributed by atoms with E-state index in [-0.39, 0.29) is 0 Å². The lowest BCUT2D eigenvalue weighted by Gasteiger charge is -2.26. The van der Waals surface area contributed by atoms with Crippen LogP contribution < -0.4 is 4.74 Å². The van der Waals surface area contributed by atoms with Crippen LogP contribution in [-0.4, -0.2) is 56.1 Å². The highest BCUT2D eigenvalue weighted by atomic mass is 32.2. The number of benzene rings is 2. The SMILES string of the molecule is COc1ccc2nc(SCc3cccc(S(=O)(=O)N4CCOCC4)c3)[nH]c2c1. The molecule has 1 aliphatic rings. The van der Waals surface area contributed by atoms with Crippen LogP contribution in [0.3, 0.4) is 0 Å². The van der Waals surface area contributed by atoms with Gasteiger partial charge >= 0.3 is 0 Å². The molecule has 0 amide bonds. The number of aromatic amines is 1. The van der Waals surface area contributed by atoms with E-state index >= 15 is 0 Å². The van der Waals surface area contributed by atoms with Crippen molar-refractivity contribution in [1.29, 1.82) is 0 Å². The molecule has 28 heavy (non-hydrogen) atoms. The van der Waals surface area contributed by atoms with Crippen LogP contribution in [0.5, 0.6) is 5.75 Å². The zero-order chi connectivity index (χ0) is 19.6. The second kappa shape index (κ2) is 8.12. The number of imidazole rings is 1. The topological polar surface area (TPSA) is 84.5 Å². The van der Waals surface area contributed by atoms with Crippen molar-refractivity contribution in [1.82, 2.24) is 14.3 Å². The number of ether oxygens (including phenoxy) is 2. The number of fused-ring (bicyclic) bond motifs is 1. The van der Waals surface area contributed by atoms with Crippen molar-refractivity contribution >= 4 is 32.8 Å². The molecule has 0 spiro atoms. The molecular weight excluding hydrogens is 398 g/mol. The van der Waals surface area contributed by atoms with Gasteiger partial charge in [0.05, 0.1) is 36.3 Å². The molecule has 1 fully saturated rings. The average Bonchev–Trinajstić information content (AvgIpc) is 3.15. The number of methoxy groups -OCH3 is 1. The Morgan fingerprint density at radius 1 is 1.21 bits per heavy atom. The third kappa shape index (κ3) is 4.02. The number of morpholine rings is 1. The summed E-state index contributed by atoms with van der Waals surface area (Å²) in [5.41, 5.74) is 2.70. The lowest BCUT2D eigenvalue weighted by Crippen LogP contribution is -2.40. The highest BCUT2D eigenvalue weighted by Gasteiger charge is 2.26. The monoisotopic (exact) mass is 419 g/mol. The van der Waals surface area contributed by atoms with E-state index in [0.717, 1.165) is 27.5 Å². The Balaban J connectivity index is 1.49. The van der Waals surface area contributed by atoms with Gasteiger partial charge in [-0.1, -0.05) is 23.9 Å². The number of nitrogens with one attached hydrogen (secondary N) is 1. The molecule has 4 rings (SSSR count). The number of nitrogens with zero attached hydrogens (tertiary/aromatic N) is 2. The largest absolute Gasteiger partial charge is 0.497 e. The molecule has 1 aliphatic heterocycles. The van der Waals surface area contributed by atoms with Crippen LogP contribution in [0.2, 0.25) is 0 Å². The normalized spacial score (nSPS) is 15.8. The van der Waals surface area contributed by atoms with Gasteiger partial charge in [0.1, 0.15) is 5.75 Å². The zero-order valence-corrected chi connectivity index (χ0v) is 17.1. The van der Waals surface area contributed by atoms with Crippen LogP contribution >= 0.6 is 11.8 Å². The van der Waals surface area contributed by atoms with Crippen LogP contribution in [0.15, 0.2) is 52.5 Å². The molecule has 0 unspecified atom stereocenters. The van der Waals surface area contributed by atoms with Gasteiger partial charge in [0.25, 0.3) is 0 Å². The minimum Gasteiger partial charge on any atom is -0.497 e. The average molecular weight is 420 g/mol. The van der Waals surface area contributed by atoms with E-state index in [4.69, 9.17) is 9.47 Å². The molecule has 0 atom stereocenters. The highest BCUT2D eigenvalue weighted by Crippen LogP contribution is 2.26. The van der Waals surface area contributed by atoms with Gasteiger partial charge < -0.3 is 14.5 Å². The quantitative estimate of drug-likeness (QED) is 0.619. The minimum atomic E-state index is -3.49. The third-order valence-electron chi connectivity index (χ3n) is 4.55. The van der Waals surface area contributed by atoms with E-state index in [1.165, 1.54) is 16.1 Å². The van der Waals surface area contributed by atoms with Crippen molar-refractivity contribution in [3.8, 4) is 5.75 Å². The first-order chi connectivity index (χ1) is 13.6. The van der Waals surface area contributed by atoms with Crippen molar-refractivity contribution < 1.29 is 17.9 Å². The van der Waals surface area contributed by atoms with Crippen LogP contribution in [0.1, 0.15) is 5.56 Å². The molecule has 0 radical (unpaired) electrons. The van der Waals surface area contributed by atoms with Crippen LogP contribution in [0, 0.1) is 0 Å². The van der Waals surface area contributed by atoms with E-state index in [2.05, 4.69) is 9.97 Å². The van der Waals surface area contributed by atoms with Gasteiger partial charge in [-0.25, -0.2) is 13.4 Å². The molecule has 2 aromatic carbocycles. The summed E-state index contributed by atoms with van der Waals surface area (Å²) in [6.07, 6.45) is 0. The van der Waals surface area contributed by atoms with Crippen LogP contribution in [-0.2, 0) is 20.5 Å². The summed E-state index contributed by atoms with van der Waals surface area (Å²) in [4.78, 5) is 8.15. The summed E-state index contributed by atoms with van der Waals surface area (Å²) >= 11 is 1.53. The lowest BCUT2D eigenvalue weighted by molar-refractivity contribution is 0.0730. The lowest BCUT2D eigenvalue weighted by atomic mass is 10.2. The number of rotatable bonds is 6. The molecule has 1 aromatic heterocycles. The predicted octanol–water partition coefficient (Wildman–Crippen LogP) is 2.88. The first-order valence-electron chi connectivity index (χ1n) is 8.90. The molecule has 7 nitrogen and oxygen atoms in total. The molecular formula is C19H21N3O4S2. The van der Waals surface area contributed by atoms with Crippen molar-refractivity contribution in [3.63, 3.8) is 0 Å². The van der Waals surface area contributed by atoms with Crippen molar-refractivity contribution in [2.24, 2.45) is 0 Å². The second-order valence-electron chi connectivity index (χ2n) is 6.38. The zero-order valence-electron chi connectivity index (χ0n) is 15.4. The van der Waals surface area contributed by atoms with Gasteiger partial charge in [0.15, 0.2) is 5.16 Å². The van der Waals surface area contributed by atoms with Gasteiger partial charge in [-0.05, 0) is 29.8 Å². The van der Waals surface area contributed by atoms with Gasteiger partial charge in [0.2, 0.25) is 10.0 Å². The molecule has 0 aliphatic carbocycles. The standard InChI is InChI=1S/C19H21N3O4S2/c1-25-15-5-6-17-18(12-15)21-19(20-17)27-13-14-3-2-4-16(11-14)28(23,24)22-7-9-26-10-8-22/h2-6,11-12H,7-10,13H2,1H3,(H,20,21). The van der Waals surface area contributed by atoms with Gasteiger partial charge in [-0.15, -0.1) is 0 Å². The van der Waals surface area contributed by atoms with Crippen LogP contribution in [0.25, 0.3) is 11.0 Å². The maximum absolute atomic E-state index is 12.8. The summed E-state index contributed by atoms with van der Waals surface area (Å²) in [6.45, 7) is 1.66. The smallest absolute Gasteiger partial charge is 0.243 e. The maximum atomic E-state index is 12.8. The Labute approximate surface area is 168 Å². The third-order valence-corrected chi connectivity index (χ3v) is 7.39. The molecule has 3 aromatic rings. The minimum absolute atomic E-state index is 0.321. The van der Waals surface area contributed by atoms with Gasteiger partial charge in [0, 0.05) is 24.9 Å². The molecule has 148 valence electrons. The van der Waals surface area contributed by atoms with Crippen LogP contribution in [0.4, 0.5) is 0 Å². The Morgan fingerprint density at radius 3 is 2.82 bits per heavy atom. The molecule has 1 N–H and O–H groups in total. The van der Waals surface area contributed by atoms with Crippen molar-refractivity contribution in [2.45, 2.75) is 15.8 Å². The fourth-order valence-corrected chi connectivity index (χ4v) is 5.35. The number of hydrogen-bond donors (Lipinski definition) is 1. The summed E-state index contributed by atoms with van der Waals surface area (Å²) in [5, 5.41) is 0.782. The molecule has 1 saturated heterocycles. The fraction of sp³-hybridized carbons (Fsp3) is 0.316. The number of aromatic nitrogens is 2. The van der Waals surface area contributed by atoms with Gasteiger partial charge in [-0.2, -0.15) is 4.31 Å². The first kappa shape index (κ1) is 19.3. The summed E-state index contributed by atoms with van der Waals surface area (Å²) in [6, 6.07) is 12.8. The van der Waals surface area contributed by atoms with Gasteiger partial charge in [-0.3, -0.25) is 0 Å². The van der Waals surface area contributed by atoms with E-state index in [0.29, 0.717) is 37.0 Å². The second-order valence-corrected chi connectivity index (χ2v) is 9.28.